The second-order valence-corrected chi connectivity index (χ2v) is 5.60. The number of allylic oxidation sites excluding steroid dienone is 4. The molecule has 1 unspecified atom stereocenters. The van der Waals surface area contributed by atoms with Gasteiger partial charge >= 0.3 is 6.03 Å². The fraction of sp³-hybridized carbons (Fsp3) is 0.429. The molecule has 0 aromatic heterocycles. The number of nitrogens with one attached hydrogen (secondary N) is 2. The summed E-state index contributed by atoms with van der Waals surface area (Å²) in [7, 11) is 0. The van der Waals surface area contributed by atoms with Crippen LogP contribution in [0.5, 0.6) is 0 Å². The van der Waals surface area contributed by atoms with E-state index in [1.54, 1.807) is 30.6 Å². The highest BCUT2D eigenvalue weighted by Gasteiger charge is 2.43. The van der Waals surface area contributed by atoms with Crippen LogP contribution in [0, 0.1) is 0 Å². The molecule has 2 N–H and O–H groups in total. The minimum Gasteiger partial charge on any atom is -0.499 e. The average molecular weight is 357 g/mol. The summed E-state index contributed by atoms with van der Waals surface area (Å²) in [6.07, 6.45) is 9.64. The lowest BCUT2D eigenvalue weighted by atomic mass is 9.93. The maximum Gasteiger partial charge on any atom is 0.322 e. The third-order valence-electron chi connectivity index (χ3n) is 3.13. The number of hydrogen-bond donors (Lipinski definition) is 2. The SMILES string of the molecule is O=C1NC(=O)C2(C=CC(Br)=CC=COCCOCCC2)N1. The van der Waals surface area contributed by atoms with E-state index < -0.39 is 11.6 Å². The third kappa shape index (κ3) is 4.44. The monoisotopic (exact) mass is 356 g/mol. The van der Waals surface area contributed by atoms with Crippen LogP contribution in [0.3, 0.4) is 0 Å². The van der Waals surface area contributed by atoms with Crippen LogP contribution in [0.2, 0.25) is 0 Å². The Bertz CT molecular complexity index is 501. The number of carbonyl (C=O) groups is 2. The van der Waals surface area contributed by atoms with E-state index in [9.17, 15) is 9.59 Å². The lowest BCUT2D eigenvalue weighted by Gasteiger charge is -2.22. The summed E-state index contributed by atoms with van der Waals surface area (Å²) in [6, 6.07) is -0.472. The molecule has 0 aromatic carbocycles. The first-order valence-corrected chi connectivity index (χ1v) is 7.46. The standard InChI is InChI=1S/C14H17BrN2O4/c15-11-3-1-7-20-9-10-21-8-2-5-14(6-4-11)12(18)16-13(19)17-14/h1,3-4,6-7H,2,5,8-10H2,(H2,16,17,18,19). The number of rotatable bonds is 0. The van der Waals surface area contributed by atoms with Crippen molar-refractivity contribution >= 4 is 27.9 Å². The Labute approximate surface area is 131 Å². The first-order chi connectivity index (χ1) is 10.1. The predicted molar refractivity (Wildman–Crippen MR) is 80.7 cm³/mol. The summed E-state index contributed by atoms with van der Waals surface area (Å²) >= 11 is 3.38. The lowest BCUT2D eigenvalue weighted by molar-refractivity contribution is -0.122. The molecule has 0 aliphatic carbocycles. The van der Waals surface area contributed by atoms with Gasteiger partial charge in [-0.2, -0.15) is 0 Å². The summed E-state index contributed by atoms with van der Waals surface area (Å²) in [5.41, 5.74) is -1.02. The van der Waals surface area contributed by atoms with E-state index >= 15 is 0 Å². The highest BCUT2D eigenvalue weighted by molar-refractivity contribution is 9.11. The molecule has 0 bridgehead atoms. The van der Waals surface area contributed by atoms with Crippen LogP contribution in [0.15, 0.2) is 35.0 Å². The molecule has 1 atom stereocenters. The molecule has 2 aliphatic rings. The molecule has 0 aromatic rings. The Hall–Kier alpha value is -1.60. The van der Waals surface area contributed by atoms with Crippen molar-refractivity contribution in [2.24, 2.45) is 0 Å². The Morgan fingerprint density at radius 3 is 2.86 bits per heavy atom. The van der Waals surface area contributed by atoms with Gasteiger partial charge in [-0.15, -0.1) is 0 Å². The maximum absolute atomic E-state index is 12.1. The van der Waals surface area contributed by atoms with Crippen LogP contribution < -0.4 is 10.6 Å². The van der Waals surface area contributed by atoms with Crippen molar-refractivity contribution in [1.82, 2.24) is 10.6 Å². The van der Waals surface area contributed by atoms with Gasteiger partial charge in [0.25, 0.3) is 5.91 Å². The topological polar surface area (TPSA) is 76.7 Å². The van der Waals surface area contributed by atoms with E-state index in [1.165, 1.54) is 0 Å². The number of imide groups is 1. The first kappa shape index (κ1) is 15.8. The van der Waals surface area contributed by atoms with Crippen molar-refractivity contribution in [3.63, 3.8) is 0 Å². The summed E-state index contributed by atoms with van der Waals surface area (Å²) < 4.78 is 11.4. The average Bonchev–Trinajstić information content (AvgIpc) is 2.73. The molecular formula is C14H17BrN2O4. The normalized spacial score (nSPS) is 27.6. The molecule has 2 rings (SSSR count). The fourth-order valence-corrected chi connectivity index (χ4v) is 2.36. The number of urea groups is 1. The van der Waals surface area contributed by atoms with Crippen molar-refractivity contribution in [3.05, 3.63) is 35.0 Å². The summed E-state index contributed by atoms with van der Waals surface area (Å²) in [5.74, 6) is -0.338. The molecule has 114 valence electrons. The Balaban J connectivity index is 2.19. The van der Waals surface area contributed by atoms with E-state index in [4.69, 9.17) is 9.47 Å². The van der Waals surface area contributed by atoms with E-state index in [1.807, 2.05) is 0 Å². The number of halogens is 1. The molecule has 0 saturated carbocycles. The Morgan fingerprint density at radius 1 is 1.24 bits per heavy atom. The second kappa shape index (κ2) is 7.42. The van der Waals surface area contributed by atoms with E-state index in [-0.39, 0.29) is 5.91 Å². The molecule has 21 heavy (non-hydrogen) atoms. The summed E-state index contributed by atoms with van der Waals surface area (Å²) in [6.45, 7) is 1.46. The molecule has 1 saturated heterocycles. The van der Waals surface area contributed by atoms with Crippen LogP contribution in [0.4, 0.5) is 4.79 Å². The Kier molecular flexibility index (Phi) is 5.58. The molecule has 1 fully saturated rings. The molecule has 7 heteroatoms. The van der Waals surface area contributed by atoms with Gasteiger partial charge in [0.1, 0.15) is 12.1 Å². The van der Waals surface area contributed by atoms with Crippen molar-refractivity contribution in [1.29, 1.82) is 0 Å². The quantitative estimate of drug-likeness (QED) is 0.648. The highest BCUT2D eigenvalue weighted by Crippen LogP contribution is 2.21. The zero-order chi connectivity index (χ0) is 15.1. The van der Waals surface area contributed by atoms with Crippen molar-refractivity contribution in [2.45, 2.75) is 18.4 Å². The zero-order valence-electron chi connectivity index (χ0n) is 11.4. The van der Waals surface area contributed by atoms with Gasteiger partial charge in [0.05, 0.1) is 12.9 Å². The van der Waals surface area contributed by atoms with Crippen LogP contribution in [-0.4, -0.2) is 37.3 Å². The predicted octanol–water partition coefficient (Wildman–Crippen LogP) is 1.74. The number of ether oxygens (including phenoxy) is 2. The second-order valence-electron chi connectivity index (χ2n) is 4.68. The van der Waals surface area contributed by atoms with Gasteiger partial charge < -0.3 is 14.8 Å². The first-order valence-electron chi connectivity index (χ1n) is 6.67. The number of carbonyl (C=O) groups excluding carboxylic acids is 2. The van der Waals surface area contributed by atoms with Gasteiger partial charge in [-0.1, -0.05) is 15.9 Å². The summed E-state index contributed by atoms with van der Waals surface area (Å²) in [5, 5.41) is 4.96. The maximum atomic E-state index is 12.1. The van der Waals surface area contributed by atoms with E-state index in [0.717, 1.165) is 4.48 Å². The van der Waals surface area contributed by atoms with Gasteiger partial charge in [0.2, 0.25) is 0 Å². The third-order valence-corrected chi connectivity index (χ3v) is 3.66. The lowest BCUT2D eigenvalue weighted by Crippen LogP contribution is -2.45. The van der Waals surface area contributed by atoms with Crippen LogP contribution in [0.1, 0.15) is 12.8 Å². The smallest absolute Gasteiger partial charge is 0.322 e. The zero-order valence-corrected chi connectivity index (χ0v) is 13.0. The van der Waals surface area contributed by atoms with Gasteiger partial charge in [0, 0.05) is 11.1 Å². The fourth-order valence-electron chi connectivity index (χ4n) is 2.08. The van der Waals surface area contributed by atoms with Crippen LogP contribution in [0.25, 0.3) is 0 Å². The van der Waals surface area contributed by atoms with Gasteiger partial charge in [-0.05, 0) is 37.1 Å². The molecule has 0 radical (unpaired) electrons. The molecule has 3 amide bonds. The molecule has 6 nitrogen and oxygen atoms in total. The highest BCUT2D eigenvalue weighted by atomic mass is 79.9. The molecule has 2 aliphatic heterocycles. The summed E-state index contributed by atoms with van der Waals surface area (Å²) in [4.78, 5) is 23.5. The van der Waals surface area contributed by atoms with Crippen LogP contribution in [-0.2, 0) is 14.3 Å². The minimum atomic E-state index is -1.02. The molecular weight excluding hydrogens is 340 g/mol. The van der Waals surface area contributed by atoms with Gasteiger partial charge in [-0.3, -0.25) is 10.1 Å². The van der Waals surface area contributed by atoms with Gasteiger partial charge in [-0.25, -0.2) is 4.79 Å². The van der Waals surface area contributed by atoms with Crippen molar-refractivity contribution in [2.75, 3.05) is 19.8 Å². The van der Waals surface area contributed by atoms with E-state index in [2.05, 4.69) is 26.6 Å². The van der Waals surface area contributed by atoms with Gasteiger partial charge in [0.15, 0.2) is 0 Å². The van der Waals surface area contributed by atoms with Crippen molar-refractivity contribution < 1.29 is 19.1 Å². The minimum absolute atomic E-state index is 0.338. The van der Waals surface area contributed by atoms with E-state index in [0.29, 0.717) is 32.7 Å². The molecule has 2 heterocycles. The largest absolute Gasteiger partial charge is 0.499 e. The molecule has 1 spiro atoms. The number of hydrogen-bond acceptors (Lipinski definition) is 4. The van der Waals surface area contributed by atoms with Crippen molar-refractivity contribution in [3.8, 4) is 0 Å². The number of amides is 3. The van der Waals surface area contributed by atoms with Crippen LogP contribution >= 0.6 is 15.9 Å². The Morgan fingerprint density at radius 2 is 2.10 bits per heavy atom.